The molecular weight excluding hydrogens is 838 g/mol. The van der Waals surface area contributed by atoms with Crippen molar-refractivity contribution in [1.82, 2.24) is 19.9 Å². The minimum atomic E-state index is 0.706. The summed E-state index contributed by atoms with van der Waals surface area (Å²) in [5.41, 5.74) is 22.2. The third-order valence-electron chi connectivity index (χ3n) is 9.35. The smallest absolute Gasteiger partial charge is 0.0737 e. The van der Waals surface area contributed by atoms with E-state index in [9.17, 15) is 0 Å². The fourth-order valence-electron chi connectivity index (χ4n) is 6.92. The van der Waals surface area contributed by atoms with E-state index in [1.54, 1.807) is 0 Å². The number of halogens is 3. The first kappa shape index (κ1) is 32.6. The van der Waals surface area contributed by atoms with E-state index in [2.05, 4.69) is 191 Å². The van der Waals surface area contributed by atoms with Gasteiger partial charge in [-0.25, -0.2) is 9.97 Å². The summed E-state index contributed by atoms with van der Waals surface area (Å²) < 4.78 is 3.04. The number of nitrogen functional groups attached to an aromatic ring is 1. The van der Waals surface area contributed by atoms with Crippen molar-refractivity contribution in [3.8, 4) is 44.5 Å². The maximum Gasteiger partial charge on any atom is 0.0737 e. The Hall–Kier alpha value is -5.28. The number of aromatic amines is 2. The van der Waals surface area contributed by atoms with E-state index in [0.717, 1.165) is 103 Å². The largest absolute Gasteiger partial charge is 0.399 e. The summed E-state index contributed by atoms with van der Waals surface area (Å²) in [6.07, 6.45) is 8.44. The van der Waals surface area contributed by atoms with Gasteiger partial charge >= 0.3 is 0 Å². The second kappa shape index (κ2) is 13.4. The lowest BCUT2D eigenvalue weighted by atomic mass is 10.0. The molecule has 8 heteroatoms. The number of benzene rings is 4. The molecule has 2 aliphatic heterocycles. The van der Waals surface area contributed by atoms with Crippen molar-refractivity contribution >= 4 is 99.8 Å². The normalized spacial score (nSPS) is 12.1. The number of aromatic nitrogens is 4. The third kappa shape index (κ3) is 6.06. The van der Waals surface area contributed by atoms with E-state index in [4.69, 9.17) is 15.7 Å². The lowest BCUT2D eigenvalue weighted by Gasteiger charge is -2.07. The van der Waals surface area contributed by atoms with Crippen molar-refractivity contribution < 1.29 is 0 Å². The standard InChI is InChI=1S/C44H28Br3N5/c45-29-9-1-25(2-10-29)41-33-17-19-35(49-33)42(26-3-11-30(46)12-4-26)37-21-23-39(51-37)44(28-7-15-32(48)16-8-28)40-24-22-38(52-40)43(36-20-18-34(41)50-36)27-5-13-31(47)14-6-27/h1-24,49,52H,48H2. The van der Waals surface area contributed by atoms with Gasteiger partial charge in [0.2, 0.25) is 0 Å². The van der Waals surface area contributed by atoms with Crippen molar-refractivity contribution in [1.29, 1.82) is 0 Å². The minimum Gasteiger partial charge on any atom is -0.399 e. The summed E-state index contributed by atoms with van der Waals surface area (Å²) in [6.45, 7) is 0. The van der Waals surface area contributed by atoms with Crippen LogP contribution in [0, 0.1) is 0 Å². The molecule has 0 saturated carbocycles. The Morgan fingerprint density at radius 2 is 0.596 bits per heavy atom. The van der Waals surface area contributed by atoms with Gasteiger partial charge < -0.3 is 15.7 Å². The number of nitrogens with zero attached hydrogens (tertiary/aromatic N) is 2. The highest BCUT2D eigenvalue weighted by Gasteiger charge is 2.19. The number of rotatable bonds is 4. The van der Waals surface area contributed by atoms with Crippen LogP contribution in [0.4, 0.5) is 5.69 Å². The SMILES string of the molecule is Nc1ccc(-c2c3nc(c(-c4ccc(Br)cc4)c4ccc([nH]4)c(-c4ccc(Br)cc4)c4nc(c(-c5ccc(Br)cc5)c5ccc2[nH]5)C=C4)C=C3)cc1. The van der Waals surface area contributed by atoms with Crippen molar-refractivity contribution in [3.63, 3.8) is 0 Å². The number of hydrogen-bond acceptors (Lipinski definition) is 3. The molecule has 5 nitrogen and oxygen atoms in total. The molecule has 8 bridgehead atoms. The molecule has 0 fully saturated rings. The molecule has 250 valence electrons. The van der Waals surface area contributed by atoms with E-state index in [1.807, 2.05) is 12.1 Å². The Labute approximate surface area is 325 Å². The van der Waals surface area contributed by atoms with E-state index in [-0.39, 0.29) is 0 Å². The summed E-state index contributed by atoms with van der Waals surface area (Å²) in [6, 6.07) is 41.7. The fraction of sp³-hybridized carbons (Fsp3) is 0. The average Bonchev–Trinajstić information content (AvgIpc) is 3.99. The molecule has 3 aromatic heterocycles. The fourth-order valence-corrected chi connectivity index (χ4v) is 7.71. The van der Waals surface area contributed by atoms with Crippen LogP contribution in [0.2, 0.25) is 0 Å². The molecule has 7 aromatic rings. The molecule has 2 aliphatic rings. The summed E-state index contributed by atoms with van der Waals surface area (Å²) in [5, 5.41) is 0. The van der Waals surface area contributed by atoms with Crippen molar-refractivity contribution in [2.45, 2.75) is 0 Å². The second-order valence-corrected chi connectivity index (χ2v) is 15.4. The van der Waals surface area contributed by atoms with E-state index in [1.165, 1.54) is 0 Å². The zero-order valence-corrected chi connectivity index (χ0v) is 32.2. The van der Waals surface area contributed by atoms with Crippen molar-refractivity contribution in [2.24, 2.45) is 0 Å². The highest BCUT2D eigenvalue weighted by atomic mass is 79.9. The van der Waals surface area contributed by atoms with Gasteiger partial charge in [0.05, 0.1) is 22.8 Å². The summed E-state index contributed by atoms with van der Waals surface area (Å²) in [5.74, 6) is 0. The number of hydrogen-bond donors (Lipinski definition) is 3. The Balaban J connectivity index is 1.47. The summed E-state index contributed by atoms with van der Waals surface area (Å²) >= 11 is 10.9. The van der Waals surface area contributed by atoms with Gasteiger partial charge in [0.25, 0.3) is 0 Å². The monoisotopic (exact) mass is 863 g/mol. The molecule has 4 N–H and O–H groups in total. The highest BCUT2D eigenvalue weighted by Crippen LogP contribution is 2.39. The predicted molar refractivity (Wildman–Crippen MR) is 228 cm³/mol. The quantitative estimate of drug-likeness (QED) is 0.154. The number of H-pyrrole nitrogens is 2. The lowest BCUT2D eigenvalue weighted by Crippen LogP contribution is -1.90. The van der Waals surface area contributed by atoms with Crippen LogP contribution in [0.5, 0.6) is 0 Å². The first-order valence-electron chi connectivity index (χ1n) is 16.7. The van der Waals surface area contributed by atoms with Crippen LogP contribution in [-0.2, 0) is 0 Å². The molecule has 0 amide bonds. The molecule has 52 heavy (non-hydrogen) atoms. The Morgan fingerprint density at radius 1 is 0.346 bits per heavy atom. The van der Waals surface area contributed by atoms with Gasteiger partial charge in [-0.3, -0.25) is 0 Å². The van der Waals surface area contributed by atoms with Gasteiger partial charge in [-0.2, -0.15) is 0 Å². The average molecular weight is 866 g/mol. The van der Waals surface area contributed by atoms with Crippen LogP contribution >= 0.6 is 47.8 Å². The topological polar surface area (TPSA) is 83.4 Å². The molecule has 9 rings (SSSR count). The zero-order chi connectivity index (χ0) is 35.3. The van der Waals surface area contributed by atoms with Gasteiger partial charge in [0, 0.05) is 63.4 Å². The lowest BCUT2D eigenvalue weighted by molar-refractivity contribution is 1.31. The van der Waals surface area contributed by atoms with E-state index >= 15 is 0 Å². The Bertz CT molecular complexity index is 2370. The molecule has 0 spiro atoms. The number of anilines is 1. The van der Waals surface area contributed by atoms with Crippen LogP contribution in [-0.4, -0.2) is 19.9 Å². The molecular formula is C44H28Br3N5. The number of fused-ring (bicyclic) bond motifs is 8. The number of nitrogens with one attached hydrogen (secondary N) is 2. The van der Waals surface area contributed by atoms with Crippen LogP contribution in [0.3, 0.4) is 0 Å². The maximum absolute atomic E-state index is 6.16. The molecule has 0 unspecified atom stereocenters. The number of nitrogens with two attached hydrogens (primary N) is 1. The van der Waals surface area contributed by atoms with E-state index < -0.39 is 0 Å². The Morgan fingerprint density at radius 3 is 0.865 bits per heavy atom. The molecule has 4 aromatic carbocycles. The first-order valence-corrected chi connectivity index (χ1v) is 19.1. The van der Waals surface area contributed by atoms with Gasteiger partial charge in [-0.1, -0.05) is 96.3 Å². The van der Waals surface area contributed by atoms with Gasteiger partial charge in [-0.15, -0.1) is 0 Å². The molecule has 5 heterocycles. The Kier molecular flexibility index (Phi) is 8.38. The predicted octanol–water partition coefficient (Wildman–Crippen LogP) is 13.2. The van der Waals surface area contributed by atoms with E-state index in [0.29, 0.717) is 5.69 Å². The van der Waals surface area contributed by atoms with Gasteiger partial charge in [0.15, 0.2) is 0 Å². The molecule has 0 aliphatic carbocycles. The zero-order valence-electron chi connectivity index (χ0n) is 27.5. The van der Waals surface area contributed by atoms with Crippen LogP contribution in [0.25, 0.3) is 90.9 Å². The van der Waals surface area contributed by atoms with Gasteiger partial charge in [-0.05, 0) is 119 Å². The molecule has 0 saturated heterocycles. The summed E-state index contributed by atoms with van der Waals surface area (Å²) in [7, 11) is 0. The minimum absolute atomic E-state index is 0.706. The van der Waals surface area contributed by atoms with Crippen molar-refractivity contribution in [3.05, 3.63) is 158 Å². The van der Waals surface area contributed by atoms with Gasteiger partial charge in [0.1, 0.15) is 0 Å². The molecule has 0 atom stereocenters. The van der Waals surface area contributed by atoms with Crippen molar-refractivity contribution in [2.75, 3.05) is 5.73 Å². The van der Waals surface area contributed by atoms with Crippen LogP contribution < -0.4 is 5.73 Å². The summed E-state index contributed by atoms with van der Waals surface area (Å²) in [4.78, 5) is 18.3. The second-order valence-electron chi connectivity index (χ2n) is 12.6. The van der Waals surface area contributed by atoms with Crippen LogP contribution in [0.15, 0.2) is 135 Å². The maximum atomic E-state index is 6.16. The third-order valence-corrected chi connectivity index (χ3v) is 10.9. The highest BCUT2D eigenvalue weighted by molar-refractivity contribution is 9.11. The van der Waals surface area contributed by atoms with Crippen LogP contribution in [0.1, 0.15) is 22.8 Å². The molecule has 0 radical (unpaired) electrons. The first-order chi connectivity index (χ1) is 25.4.